The van der Waals surface area contributed by atoms with Gasteiger partial charge in [0.25, 0.3) is 0 Å². The highest BCUT2D eigenvalue weighted by molar-refractivity contribution is 6.06. The normalized spacial score (nSPS) is 11.6. The summed E-state index contributed by atoms with van der Waals surface area (Å²) in [5.41, 5.74) is -0.555. The second kappa shape index (κ2) is 4.95. The maximum atomic E-state index is 12.3. The number of carbonyl (C=O) groups excluding carboxylic acids is 1. The van der Waals surface area contributed by atoms with Crippen LogP contribution in [0.5, 0.6) is 11.7 Å². The molecule has 20 heavy (non-hydrogen) atoms. The van der Waals surface area contributed by atoms with E-state index < -0.39 is 23.8 Å². The molecule has 0 aliphatic heterocycles. The van der Waals surface area contributed by atoms with Crippen LogP contribution in [0.2, 0.25) is 0 Å². The molecule has 0 saturated carbocycles. The zero-order valence-corrected chi connectivity index (χ0v) is 10.2. The van der Waals surface area contributed by atoms with E-state index in [9.17, 15) is 23.1 Å². The van der Waals surface area contributed by atoms with Gasteiger partial charge in [-0.15, -0.1) is 13.2 Å². The number of fused-ring (bicyclic) bond motifs is 1. The van der Waals surface area contributed by atoms with E-state index in [0.29, 0.717) is 0 Å². The van der Waals surface area contributed by atoms with E-state index in [2.05, 4.69) is 9.47 Å². The lowest BCUT2D eigenvalue weighted by molar-refractivity contribution is -0.280. The van der Waals surface area contributed by atoms with Gasteiger partial charge in [-0.1, -0.05) is 0 Å². The summed E-state index contributed by atoms with van der Waals surface area (Å²) >= 11 is 0. The van der Waals surface area contributed by atoms with Crippen molar-refractivity contribution in [2.45, 2.75) is 13.3 Å². The molecule has 0 fully saturated rings. The van der Waals surface area contributed by atoms with Crippen LogP contribution in [0.1, 0.15) is 17.3 Å². The molecule has 0 radical (unpaired) electrons. The van der Waals surface area contributed by atoms with Crippen LogP contribution in [0.3, 0.4) is 0 Å². The summed E-state index contributed by atoms with van der Waals surface area (Å²) in [6.07, 6.45) is -5.02. The van der Waals surface area contributed by atoms with Gasteiger partial charge >= 0.3 is 18.3 Å². The summed E-state index contributed by atoms with van der Waals surface area (Å²) in [4.78, 5) is 11.7. The molecule has 0 atom stereocenters. The number of esters is 1. The quantitative estimate of drug-likeness (QED) is 0.879. The van der Waals surface area contributed by atoms with E-state index in [-0.39, 0.29) is 23.3 Å². The van der Waals surface area contributed by atoms with Crippen molar-refractivity contribution in [3.8, 4) is 11.7 Å². The standard InChI is InChI=1S/C12H9F3O5/c1-2-18-10(17)9-7-5-6(16)3-4-8(7)19-11(9)20-12(13,14)15/h3-5,16H,2H2,1H3. The Bertz CT molecular complexity index is 644. The maximum Gasteiger partial charge on any atom is 0.575 e. The first-order valence-electron chi connectivity index (χ1n) is 5.50. The van der Waals surface area contributed by atoms with E-state index in [4.69, 9.17) is 4.42 Å². The number of furan rings is 1. The second-order valence-electron chi connectivity index (χ2n) is 3.71. The molecule has 5 nitrogen and oxygen atoms in total. The van der Waals surface area contributed by atoms with Gasteiger partial charge in [0, 0.05) is 5.39 Å². The monoisotopic (exact) mass is 290 g/mol. The van der Waals surface area contributed by atoms with Crippen molar-refractivity contribution in [2.24, 2.45) is 0 Å². The number of carbonyl (C=O) groups is 1. The number of halogens is 3. The number of phenolic OH excluding ortho intramolecular Hbond substituents is 1. The minimum absolute atomic E-state index is 0.0253. The van der Waals surface area contributed by atoms with Crippen molar-refractivity contribution in [3.05, 3.63) is 23.8 Å². The number of benzene rings is 1. The van der Waals surface area contributed by atoms with E-state index >= 15 is 0 Å². The maximum absolute atomic E-state index is 12.3. The average molecular weight is 290 g/mol. The van der Waals surface area contributed by atoms with Gasteiger partial charge in [0.15, 0.2) is 5.56 Å². The molecule has 0 unspecified atom stereocenters. The highest BCUT2D eigenvalue weighted by atomic mass is 19.4. The fourth-order valence-electron chi connectivity index (χ4n) is 1.64. The van der Waals surface area contributed by atoms with Crippen LogP contribution in [-0.2, 0) is 4.74 Å². The molecule has 0 bridgehead atoms. The summed E-state index contributed by atoms with van der Waals surface area (Å²) in [5, 5.41) is 9.33. The molecule has 1 aromatic carbocycles. The Morgan fingerprint density at radius 2 is 2.10 bits per heavy atom. The largest absolute Gasteiger partial charge is 0.575 e. The highest BCUT2D eigenvalue weighted by Crippen LogP contribution is 2.37. The Labute approximate surface area is 110 Å². The molecule has 0 spiro atoms. The van der Waals surface area contributed by atoms with Crippen molar-refractivity contribution in [1.82, 2.24) is 0 Å². The fraction of sp³-hybridized carbons (Fsp3) is 0.250. The molecule has 0 aliphatic rings. The summed E-state index contributed by atoms with van der Waals surface area (Å²) in [6, 6.07) is 3.52. The van der Waals surface area contributed by atoms with E-state index in [1.54, 1.807) is 0 Å². The first-order valence-corrected chi connectivity index (χ1v) is 5.50. The first-order chi connectivity index (χ1) is 9.31. The van der Waals surface area contributed by atoms with Gasteiger partial charge in [-0.05, 0) is 25.1 Å². The molecular weight excluding hydrogens is 281 g/mol. The molecule has 8 heteroatoms. The Balaban J connectivity index is 2.60. The third kappa shape index (κ3) is 2.79. The molecule has 1 heterocycles. The Kier molecular flexibility index (Phi) is 3.47. The van der Waals surface area contributed by atoms with Crippen LogP contribution in [0, 0.1) is 0 Å². The van der Waals surface area contributed by atoms with E-state index in [1.165, 1.54) is 19.1 Å². The lowest BCUT2D eigenvalue weighted by atomic mass is 10.1. The predicted molar refractivity (Wildman–Crippen MR) is 60.5 cm³/mol. The van der Waals surface area contributed by atoms with Crippen molar-refractivity contribution < 1.29 is 37.0 Å². The van der Waals surface area contributed by atoms with Crippen LogP contribution < -0.4 is 4.74 Å². The van der Waals surface area contributed by atoms with E-state index in [0.717, 1.165) is 6.07 Å². The van der Waals surface area contributed by atoms with Gasteiger partial charge in [0.2, 0.25) is 0 Å². The van der Waals surface area contributed by atoms with Gasteiger partial charge in [-0.2, -0.15) is 0 Å². The lowest BCUT2D eigenvalue weighted by Crippen LogP contribution is -2.18. The zero-order valence-electron chi connectivity index (χ0n) is 10.2. The number of rotatable bonds is 3. The number of phenols is 1. The topological polar surface area (TPSA) is 68.9 Å². The van der Waals surface area contributed by atoms with Crippen molar-refractivity contribution >= 4 is 16.9 Å². The number of hydrogen-bond donors (Lipinski definition) is 1. The van der Waals surface area contributed by atoms with Crippen LogP contribution in [0.15, 0.2) is 22.6 Å². The van der Waals surface area contributed by atoms with Crippen molar-refractivity contribution in [3.63, 3.8) is 0 Å². The highest BCUT2D eigenvalue weighted by Gasteiger charge is 2.36. The van der Waals surface area contributed by atoms with Gasteiger partial charge < -0.3 is 19.0 Å². The predicted octanol–water partition coefficient (Wildman–Crippen LogP) is 3.21. The molecule has 0 aliphatic carbocycles. The summed E-state index contributed by atoms with van der Waals surface area (Å²) in [5.74, 6) is -2.28. The number of aromatic hydroxyl groups is 1. The van der Waals surface area contributed by atoms with Gasteiger partial charge in [-0.3, -0.25) is 0 Å². The van der Waals surface area contributed by atoms with Crippen molar-refractivity contribution in [1.29, 1.82) is 0 Å². The Hall–Kier alpha value is -2.38. The fourth-order valence-corrected chi connectivity index (χ4v) is 1.64. The minimum Gasteiger partial charge on any atom is -0.508 e. The molecule has 0 saturated heterocycles. The zero-order chi connectivity index (χ0) is 14.9. The SMILES string of the molecule is CCOC(=O)c1c(OC(F)(F)F)oc2ccc(O)cc12. The third-order valence-corrected chi connectivity index (χ3v) is 2.33. The van der Waals surface area contributed by atoms with Crippen LogP contribution >= 0.6 is 0 Å². The number of ether oxygens (including phenoxy) is 2. The molecular formula is C12H9F3O5. The van der Waals surface area contributed by atoms with Crippen LogP contribution in [0.25, 0.3) is 11.0 Å². The number of hydrogen-bond acceptors (Lipinski definition) is 5. The second-order valence-corrected chi connectivity index (χ2v) is 3.71. The first kappa shape index (κ1) is 14.0. The smallest absolute Gasteiger partial charge is 0.508 e. The number of alkyl halides is 3. The molecule has 0 amide bonds. The van der Waals surface area contributed by atoms with Gasteiger partial charge in [0.1, 0.15) is 11.3 Å². The third-order valence-electron chi connectivity index (χ3n) is 2.33. The van der Waals surface area contributed by atoms with Crippen LogP contribution in [-0.4, -0.2) is 24.0 Å². The average Bonchev–Trinajstić information content (AvgIpc) is 2.63. The van der Waals surface area contributed by atoms with Gasteiger partial charge in [-0.25, -0.2) is 4.79 Å². The summed E-state index contributed by atoms with van der Waals surface area (Å²) in [7, 11) is 0. The van der Waals surface area contributed by atoms with Gasteiger partial charge in [0.05, 0.1) is 6.61 Å². The van der Waals surface area contributed by atoms with E-state index in [1.807, 2.05) is 0 Å². The van der Waals surface area contributed by atoms with Crippen LogP contribution in [0.4, 0.5) is 13.2 Å². The molecule has 2 aromatic rings. The summed E-state index contributed by atoms with van der Waals surface area (Å²) < 4.78 is 50.1. The van der Waals surface area contributed by atoms with Crippen molar-refractivity contribution in [2.75, 3.05) is 6.61 Å². The Morgan fingerprint density at radius 3 is 2.70 bits per heavy atom. The summed E-state index contributed by atoms with van der Waals surface area (Å²) in [6.45, 7) is 1.47. The molecule has 1 N–H and O–H groups in total. The molecule has 108 valence electrons. The minimum atomic E-state index is -5.02. The molecule has 2 rings (SSSR count). The Morgan fingerprint density at radius 1 is 1.40 bits per heavy atom. The molecule has 1 aromatic heterocycles. The lowest BCUT2D eigenvalue weighted by Gasteiger charge is -2.07.